The van der Waals surface area contributed by atoms with Gasteiger partial charge < -0.3 is 14.7 Å². The zero-order chi connectivity index (χ0) is 14.3. The van der Waals surface area contributed by atoms with Crippen molar-refractivity contribution < 1.29 is 12.8 Å². The SMILES string of the molecule is Cn1cnc(N)c1S(=O)(=O)N(Cc1ccco1)C1CC1. The lowest BCUT2D eigenvalue weighted by Gasteiger charge is -2.21. The number of rotatable bonds is 5. The summed E-state index contributed by atoms with van der Waals surface area (Å²) in [6.07, 6.45) is 4.65. The minimum Gasteiger partial charge on any atom is -0.468 e. The van der Waals surface area contributed by atoms with Gasteiger partial charge in [0.1, 0.15) is 5.76 Å². The number of furan rings is 1. The third-order valence-electron chi connectivity index (χ3n) is 3.31. The van der Waals surface area contributed by atoms with Crippen molar-refractivity contribution in [1.82, 2.24) is 13.9 Å². The zero-order valence-corrected chi connectivity index (χ0v) is 11.9. The smallest absolute Gasteiger partial charge is 0.263 e. The normalized spacial score (nSPS) is 15.9. The summed E-state index contributed by atoms with van der Waals surface area (Å²) in [4.78, 5) is 3.85. The van der Waals surface area contributed by atoms with Crippen LogP contribution in [0.3, 0.4) is 0 Å². The predicted octanol–water partition coefficient (Wildman–Crippen LogP) is 0.949. The van der Waals surface area contributed by atoms with Crippen LogP contribution < -0.4 is 5.73 Å². The molecule has 2 N–H and O–H groups in total. The van der Waals surface area contributed by atoms with Crippen LogP contribution in [0.4, 0.5) is 5.82 Å². The van der Waals surface area contributed by atoms with E-state index in [1.807, 2.05) is 0 Å². The minimum atomic E-state index is -3.68. The Bertz CT molecular complexity index is 682. The highest BCUT2D eigenvalue weighted by molar-refractivity contribution is 7.89. The fourth-order valence-electron chi connectivity index (χ4n) is 2.19. The first kappa shape index (κ1) is 13.2. The van der Waals surface area contributed by atoms with E-state index in [-0.39, 0.29) is 23.4 Å². The topological polar surface area (TPSA) is 94.4 Å². The van der Waals surface area contributed by atoms with E-state index in [1.54, 1.807) is 19.2 Å². The lowest BCUT2D eigenvalue weighted by Crippen LogP contribution is -2.34. The van der Waals surface area contributed by atoms with Gasteiger partial charge in [-0.2, -0.15) is 4.31 Å². The molecule has 7 nitrogen and oxygen atoms in total. The van der Waals surface area contributed by atoms with Crippen LogP contribution >= 0.6 is 0 Å². The Balaban J connectivity index is 1.98. The fraction of sp³-hybridized carbons (Fsp3) is 0.417. The highest BCUT2D eigenvalue weighted by atomic mass is 32.2. The van der Waals surface area contributed by atoms with Crippen LogP contribution in [-0.2, 0) is 23.6 Å². The Labute approximate surface area is 117 Å². The third kappa shape index (κ3) is 2.20. The molecule has 1 aliphatic carbocycles. The molecule has 2 aromatic rings. The van der Waals surface area contributed by atoms with E-state index in [0.717, 1.165) is 12.8 Å². The van der Waals surface area contributed by atoms with Crippen LogP contribution in [0.1, 0.15) is 18.6 Å². The molecule has 0 aliphatic heterocycles. The summed E-state index contributed by atoms with van der Waals surface area (Å²) < 4.78 is 33.7. The van der Waals surface area contributed by atoms with Crippen LogP contribution in [0.25, 0.3) is 0 Å². The highest BCUT2D eigenvalue weighted by Gasteiger charge is 2.40. The van der Waals surface area contributed by atoms with Crippen LogP contribution in [-0.4, -0.2) is 28.3 Å². The van der Waals surface area contributed by atoms with Gasteiger partial charge in [-0.3, -0.25) is 0 Å². The Morgan fingerprint density at radius 1 is 1.55 bits per heavy atom. The molecular weight excluding hydrogens is 280 g/mol. The summed E-state index contributed by atoms with van der Waals surface area (Å²) >= 11 is 0. The third-order valence-corrected chi connectivity index (χ3v) is 5.34. The van der Waals surface area contributed by atoms with Crippen LogP contribution in [0.5, 0.6) is 0 Å². The van der Waals surface area contributed by atoms with E-state index < -0.39 is 10.0 Å². The summed E-state index contributed by atoms with van der Waals surface area (Å²) in [7, 11) is -2.06. The maximum absolute atomic E-state index is 12.8. The van der Waals surface area contributed by atoms with Crippen molar-refractivity contribution in [2.24, 2.45) is 7.05 Å². The second-order valence-corrected chi connectivity index (χ2v) is 6.71. The number of nitrogen functional groups attached to an aromatic ring is 1. The number of anilines is 1. The maximum atomic E-state index is 12.8. The number of aromatic nitrogens is 2. The molecule has 1 aliphatic rings. The molecule has 0 spiro atoms. The molecule has 3 rings (SSSR count). The molecule has 0 amide bonds. The van der Waals surface area contributed by atoms with Crippen LogP contribution in [0.2, 0.25) is 0 Å². The van der Waals surface area contributed by atoms with Gasteiger partial charge in [-0.05, 0) is 25.0 Å². The van der Waals surface area contributed by atoms with E-state index in [0.29, 0.717) is 5.76 Å². The number of hydrogen-bond donors (Lipinski definition) is 1. The Hall–Kier alpha value is -1.80. The average Bonchev–Trinajstić information content (AvgIpc) is 2.97. The number of imidazole rings is 1. The Morgan fingerprint density at radius 2 is 2.30 bits per heavy atom. The Morgan fingerprint density at radius 3 is 2.80 bits per heavy atom. The minimum absolute atomic E-state index is 0.0133. The van der Waals surface area contributed by atoms with Gasteiger partial charge in [0, 0.05) is 13.1 Å². The molecule has 2 heterocycles. The molecule has 108 valence electrons. The van der Waals surface area contributed by atoms with Crippen molar-refractivity contribution in [1.29, 1.82) is 0 Å². The van der Waals surface area contributed by atoms with Crippen LogP contribution in [0, 0.1) is 0 Å². The number of aryl methyl sites for hydroxylation is 1. The van der Waals surface area contributed by atoms with E-state index >= 15 is 0 Å². The number of nitrogens with zero attached hydrogens (tertiary/aromatic N) is 3. The van der Waals surface area contributed by atoms with Crippen LogP contribution in [0.15, 0.2) is 34.2 Å². The Kier molecular flexibility index (Phi) is 3.06. The monoisotopic (exact) mass is 296 g/mol. The van der Waals surface area contributed by atoms with Crippen molar-refractivity contribution in [2.45, 2.75) is 30.5 Å². The van der Waals surface area contributed by atoms with E-state index in [1.165, 1.54) is 21.5 Å². The largest absolute Gasteiger partial charge is 0.468 e. The van der Waals surface area contributed by atoms with Crippen molar-refractivity contribution in [3.63, 3.8) is 0 Å². The van der Waals surface area contributed by atoms with Crippen molar-refractivity contribution in [3.05, 3.63) is 30.5 Å². The molecule has 0 radical (unpaired) electrons. The molecule has 20 heavy (non-hydrogen) atoms. The van der Waals surface area contributed by atoms with Gasteiger partial charge in [0.25, 0.3) is 10.0 Å². The van der Waals surface area contributed by atoms with E-state index in [2.05, 4.69) is 4.98 Å². The molecule has 2 aromatic heterocycles. The molecule has 1 fully saturated rings. The quantitative estimate of drug-likeness (QED) is 0.886. The highest BCUT2D eigenvalue weighted by Crippen LogP contribution is 2.34. The lowest BCUT2D eigenvalue weighted by molar-refractivity contribution is 0.354. The summed E-state index contributed by atoms with van der Waals surface area (Å²) in [5.41, 5.74) is 5.70. The van der Waals surface area contributed by atoms with Gasteiger partial charge in [-0.1, -0.05) is 0 Å². The second-order valence-electron chi connectivity index (χ2n) is 4.91. The van der Waals surface area contributed by atoms with Gasteiger partial charge in [0.2, 0.25) is 0 Å². The molecule has 1 saturated carbocycles. The van der Waals surface area contributed by atoms with E-state index in [9.17, 15) is 8.42 Å². The maximum Gasteiger partial charge on any atom is 0.263 e. The first-order chi connectivity index (χ1) is 9.50. The lowest BCUT2D eigenvalue weighted by atomic mass is 10.4. The molecule has 0 unspecified atom stereocenters. The van der Waals surface area contributed by atoms with Gasteiger partial charge >= 0.3 is 0 Å². The summed E-state index contributed by atoms with van der Waals surface area (Å²) in [5.74, 6) is 0.638. The molecule has 0 bridgehead atoms. The molecule has 0 atom stereocenters. The van der Waals surface area contributed by atoms with Gasteiger partial charge in [-0.15, -0.1) is 0 Å². The zero-order valence-electron chi connectivity index (χ0n) is 11.1. The van der Waals surface area contributed by atoms with E-state index in [4.69, 9.17) is 10.2 Å². The van der Waals surface area contributed by atoms with Crippen molar-refractivity contribution >= 4 is 15.8 Å². The first-order valence-electron chi connectivity index (χ1n) is 6.31. The predicted molar refractivity (Wildman–Crippen MR) is 72.1 cm³/mol. The number of nitrogens with two attached hydrogens (primary N) is 1. The first-order valence-corrected chi connectivity index (χ1v) is 7.75. The molecular formula is C12H16N4O3S. The number of hydrogen-bond acceptors (Lipinski definition) is 5. The second kappa shape index (κ2) is 4.64. The van der Waals surface area contributed by atoms with Crippen molar-refractivity contribution in [2.75, 3.05) is 5.73 Å². The molecule has 0 aromatic carbocycles. The fourth-order valence-corrected chi connectivity index (χ4v) is 4.04. The summed E-state index contributed by atoms with van der Waals surface area (Å²) in [6, 6.07) is 3.52. The molecule has 8 heteroatoms. The average molecular weight is 296 g/mol. The summed E-state index contributed by atoms with van der Waals surface area (Å²) in [6.45, 7) is 0.213. The van der Waals surface area contributed by atoms with Gasteiger partial charge in [0.05, 0.1) is 19.1 Å². The standard InChI is InChI=1S/C12H16N4O3S/c1-15-8-14-11(13)12(15)20(17,18)16(9-4-5-9)7-10-3-2-6-19-10/h2-3,6,8-9H,4-5,7,13H2,1H3. The van der Waals surface area contributed by atoms with Gasteiger partial charge in [0.15, 0.2) is 10.8 Å². The van der Waals surface area contributed by atoms with Crippen molar-refractivity contribution in [3.8, 4) is 0 Å². The summed E-state index contributed by atoms with van der Waals surface area (Å²) in [5, 5.41) is 0.0379. The van der Waals surface area contributed by atoms with Gasteiger partial charge in [-0.25, -0.2) is 13.4 Å². The number of sulfonamides is 1. The molecule has 0 saturated heterocycles.